The number of carboxylic acids is 1. The van der Waals surface area contributed by atoms with Gasteiger partial charge < -0.3 is 35.6 Å². The first kappa shape index (κ1) is 30.8. The third-order valence-corrected chi connectivity index (χ3v) is 8.80. The minimum Gasteiger partial charge on any atom is -0.485 e. The first-order chi connectivity index (χ1) is 20.6. The number of aliphatic hydroxyl groups excluding tert-OH is 3. The van der Waals surface area contributed by atoms with Crippen molar-refractivity contribution in [2.45, 2.75) is 56.3 Å². The number of hydrogen-bond donors (Lipinski definition) is 5. The molecule has 3 aromatic carbocycles. The molecule has 0 aliphatic carbocycles. The number of benzene rings is 3. The number of nitrogens with two attached hydrogens (primary N) is 1. The van der Waals surface area contributed by atoms with Crippen LogP contribution in [0.5, 0.6) is 5.75 Å². The van der Waals surface area contributed by atoms with Gasteiger partial charge in [0.25, 0.3) is 0 Å². The van der Waals surface area contributed by atoms with Crippen LogP contribution in [0, 0.1) is 12.7 Å². The minimum atomic E-state index is -1.33. The molecular formula is C33H34FNO7S. The smallest absolute Gasteiger partial charge is 0.320 e. The number of rotatable bonds is 10. The second-order valence-corrected chi connectivity index (χ2v) is 11.9. The highest BCUT2D eigenvalue weighted by Crippen LogP contribution is 2.36. The van der Waals surface area contributed by atoms with Gasteiger partial charge in [-0.25, -0.2) is 4.39 Å². The maximum absolute atomic E-state index is 13.4. The van der Waals surface area contributed by atoms with E-state index in [0.717, 1.165) is 26.4 Å². The zero-order chi connectivity index (χ0) is 30.7. The summed E-state index contributed by atoms with van der Waals surface area (Å²) < 4.78 is 25.4. The Morgan fingerprint density at radius 1 is 1.05 bits per heavy atom. The molecule has 8 nitrogen and oxygen atoms in total. The van der Waals surface area contributed by atoms with E-state index in [4.69, 9.17) is 20.3 Å². The minimum absolute atomic E-state index is 0.0785. The van der Waals surface area contributed by atoms with Crippen molar-refractivity contribution in [1.29, 1.82) is 0 Å². The lowest BCUT2D eigenvalue weighted by molar-refractivity contribution is -0.225. The Morgan fingerprint density at radius 3 is 2.53 bits per heavy atom. The number of aliphatic carboxylic acids is 1. The topological polar surface area (TPSA) is 142 Å². The molecule has 10 heteroatoms. The molecule has 226 valence electrons. The van der Waals surface area contributed by atoms with Crippen LogP contribution in [0.2, 0.25) is 0 Å². The van der Waals surface area contributed by atoms with Gasteiger partial charge in [-0.1, -0.05) is 42.5 Å². The summed E-state index contributed by atoms with van der Waals surface area (Å²) in [5.74, 6) is -1.09. The molecule has 6 atom stereocenters. The number of carbonyl (C=O) groups is 1. The van der Waals surface area contributed by atoms with E-state index in [1.807, 2.05) is 37.3 Å². The van der Waals surface area contributed by atoms with Crippen molar-refractivity contribution >= 4 is 17.3 Å². The van der Waals surface area contributed by atoms with Crippen LogP contribution in [0.4, 0.5) is 4.39 Å². The maximum Gasteiger partial charge on any atom is 0.320 e. The van der Waals surface area contributed by atoms with Gasteiger partial charge in [0.15, 0.2) is 6.10 Å². The lowest BCUT2D eigenvalue weighted by Crippen LogP contribution is -2.57. The molecule has 1 aliphatic rings. The number of hydrogen-bond acceptors (Lipinski definition) is 8. The average Bonchev–Trinajstić information content (AvgIpc) is 3.45. The van der Waals surface area contributed by atoms with Crippen LogP contribution < -0.4 is 10.5 Å². The Balaban J connectivity index is 1.36. The normalized spacial score (nSPS) is 22.7. The van der Waals surface area contributed by atoms with Crippen molar-refractivity contribution in [2.24, 2.45) is 5.73 Å². The summed E-state index contributed by atoms with van der Waals surface area (Å²) in [5.41, 5.74) is 9.98. The van der Waals surface area contributed by atoms with Gasteiger partial charge in [0.05, 0.1) is 6.61 Å². The third-order valence-electron chi connectivity index (χ3n) is 7.67. The van der Waals surface area contributed by atoms with E-state index in [1.165, 1.54) is 12.1 Å². The van der Waals surface area contributed by atoms with Crippen LogP contribution in [0.25, 0.3) is 10.4 Å². The highest BCUT2D eigenvalue weighted by molar-refractivity contribution is 7.15. The standard InChI is InChI=1S/C33H34FNO7S/c1-18-5-6-21(15-22(18)16-25-11-12-28(43-25)20-7-9-23(34)10-8-20)31-30(38)32(29(37)27(17-36)42-31)41-24-4-2-3-19(13-24)14-26(35)33(39)40/h2-13,15,26-27,29-32,36-38H,14,16-17,35H2,1H3,(H,39,40). The number of halogens is 1. The van der Waals surface area contributed by atoms with Crippen LogP contribution in [-0.2, 0) is 22.4 Å². The summed E-state index contributed by atoms with van der Waals surface area (Å²) >= 11 is 1.62. The molecule has 1 fully saturated rings. The molecule has 1 aromatic heterocycles. The largest absolute Gasteiger partial charge is 0.485 e. The van der Waals surface area contributed by atoms with Gasteiger partial charge in [0.1, 0.15) is 42.0 Å². The van der Waals surface area contributed by atoms with Crippen molar-refractivity contribution in [3.8, 4) is 16.2 Å². The SMILES string of the molecule is Cc1ccc(C2OC(CO)C(O)C(Oc3cccc(CC(N)C(=O)O)c3)C2O)cc1Cc1ccc(-c2ccc(F)cc2)s1. The quantitative estimate of drug-likeness (QED) is 0.182. The molecule has 43 heavy (non-hydrogen) atoms. The Morgan fingerprint density at radius 2 is 1.81 bits per heavy atom. The molecule has 0 saturated carbocycles. The predicted octanol–water partition coefficient (Wildman–Crippen LogP) is 4.01. The van der Waals surface area contributed by atoms with Crippen LogP contribution in [-0.4, -0.2) is 63.5 Å². The van der Waals surface area contributed by atoms with E-state index in [-0.39, 0.29) is 12.2 Å². The molecule has 2 heterocycles. The van der Waals surface area contributed by atoms with E-state index >= 15 is 0 Å². The van der Waals surface area contributed by atoms with Crippen LogP contribution in [0.15, 0.2) is 78.9 Å². The van der Waals surface area contributed by atoms with E-state index in [0.29, 0.717) is 23.3 Å². The molecule has 6 unspecified atom stereocenters. The fourth-order valence-corrected chi connectivity index (χ4v) is 6.27. The van der Waals surface area contributed by atoms with Gasteiger partial charge in [-0.2, -0.15) is 0 Å². The predicted molar refractivity (Wildman–Crippen MR) is 161 cm³/mol. The molecule has 0 amide bonds. The van der Waals surface area contributed by atoms with Crippen LogP contribution in [0.1, 0.15) is 33.2 Å². The Labute approximate surface area is 252 Å². The van der Waals surface area contributed by atoms with Crippen LogP contribution in [0.3, 0.4) is 0 Å². The van der Waals surface area contributed by atoms with Gasteiger partial charge in [0, 0.05) is 16.2 Å². The van der Waals surface area contributed by atoms with Gasteiger partial charge in [0.2, 0.25) is 0 Å². The van der Waals surface area contributed by atoms with Crippen molar-refractivity contribution in [2.75, 3.05) is 6.61 Å². The van der Waals surface area contributed by atoms with Gasteiger partial charge in [-0.3, -0.25) is 4.79 Å². The number of aliphatic hydroxyl groups is 3. The van der Waals surface area contributed by atoms with Gasteiger partial charge in [-0.05, 0) is 77.6 Å². The van der Waals surface area contributed by atoms with Crippen molar-refractivity contribution < 1.29 is 39.1 Å². The number of thiophene rings is 1. The molecule has 4 aromatic rings. The van der Waals surface area contributed by atoms with E-state index < -0.39 is 49.1 Å². The Hall–Kier alpha value is -3.64. The summed E-state index contributed by atoms with van der Waals surface area (Å²) in [6.07, 6.45) is -4.96. The van der Waals surface area contributed by atoms with Crippen LogP contribution >= 0.6 is 11.3 Å². The zero-order valence-electron chi connectivity index (χ0n) is 23.5. The number of aryl methyl sites for hydroxylation is 1. The average molecular weight is 608 g/mol. The fraction of sp³-hybridized carbons (Fsp3) is 0.303. The Bertz CT molecular complexity index is 1560. The molecule has 6 N–H and O–H groups in total. The van der Waals surface area contributed by atoms with Crippen molar-refractivity contribution in [1.82, 2.24) is 0 Å². The summed E-state index contributed by atoms with van der Waals surface area (Å²) in [6, 6.07) is 21.8. The van der Waals surface area contributed by atoms with Crippen molar-refractivity contribution in [3.05, 3.63) is 112 Å². The molecule has 5 rings (SSSR count). The first-order valence-corrected chi connectivity index (χ1v) is 14.7. The molecule has 0 spiro atoms. The summed E-state index contributed by atoms with van der Waals surface area (Å²) in [5, 5.41) is 41.5. The number of ether oxygens (including phenoxy) is 2. The molecule has 0 bridgehead atoms. The van der Waals surface area contributed by atoms with E-state index in [2.05, 4.69) is 0 Å². The number of carboxylic acid groups (broad SMARTS) is 1. The maximum atomic E-state index is 13.4. The lowest BCUT2D eigenvalue weighted by Gasteiger charge is -2.42. The Kier molecular flexibility index (Phi) is 9.55. The second kappa shape index (κ2) is 13.3. The molecule has 1 saturated heterocycles. The van der Waals surface area contributed by atoms with E-state index in [9.17, 15) is 24.5 Å². The highest BCUT2D eigenvalue weighted by Gasteiger charge is 2.46. The summed E-state index contributed by atoms with van der Waals surface area (Å²) in [4.78, 5) is 13.3. The lowest BCUT2D eigenvalue weighted by atomic mass is 9.89. The zero-order valence-corrected chi connectivity index (χ0v) is 24.3. The third kappa shape index (κ3) is 7.13. The molecule has 0 radical (unpaired) electrons. The highest BCUT2D eigenvalue weighted by atomic mass is 32.1. The van der Waals surface area contributed by atoms with Crippen molar-refractivity contribution in [3.63, 3.8) is 0 Å². The fourth-order valence-electron chi connectivity index (χ4n) is 5.23. The van der Waals surface area contributed by atoms with Gasteiger partial charge in [-0.15, -0.1) is 11.3 Å². The van der Waals surface area contributed by atoms with Gasteiger partial charge >= 0.3 is 5.97 Å². The first-order valence-electron chi connectivity index (χ1n) is 13.9. The van der Waals surface area contributed by atoms with E-state index in [1.54, 1.807) is 47.7 Å². The summed E-state index contributed by atoms with van der Waals surface area (Å²) in [6.45, 7) is 1.51. The second-order valence-electron chi connectivity index (χ2n) is 10.8. The summed E-state index contributed by atoms with van der Waals surface area (Å²) in [7, 11) is 0. The molecular weight excluding hydrogens is 573 g/mol. The monoisotopic (exact) mass is 607 g/mol. The molecule has 1 aliphatic heterocycles.